The molecule has 0 bridgehead atoms. The van der Waals surface area contributed by atoms with E-state index in [1.54, 1.807) is 0 Å². The van der Waals surface area contributed by atoms with Crippen molar-refractivity contribution in [1.82, 2.24) is 0 Å². The topological polar surface area (TPSA) is 17.1 Å². The summed E-state index contributed by atoms with van der Waals surface area (Å²) in [6.45, 7) is 0. The van der Waals surface area contributed by atoms with E-state index in [4.69, 9.17) is 2.85 Å². The van der Waals surface area contributed by atoms with Gasteiger partial charge < -0.3 is 0 Å². The Labute approximate surface area is 73.0 Å². The molecule has 0 radical (unpaired) electrons. The van der Waals surface area contributed by atoms with Crippen LogP contribution in [0.5, 0.6) is 0 Å². The van der Waals surface area contributed by atoms with Gasteiger partial charge in [-0.15, -0.1) is 0 Å². The third-order valence-corrected chi connectivity index (χ3v) is 0. The van der Waals surface area contributed by atoms with Crippen LogP contribution in [0.15, 0.2) is 0 Å². The summed E-state index contributed by atoms with van der Waals surface area (Å²) in [5, 5.41) is 0. The molecule has 4 heavy (non-hydrogen) atoms. The first-order valence-electron chi connectivity index (χ1n) is 0.204. The Bertz CT molecular complexity index is 8.00. The Kier molecular flexibility index (Phi) is 76.9. The van der Waals surface area contributed by atoms with Gasteiger partial charge in [-0.2, -0.15) is 0 Å². The summed E-state index contributed by atoms with van der Waals surface area (Å²) in [5.41, 5.74) is 0. The summed E-state index contributed by atoms with van der Waals surface area (Å²) in [6.07, 6.45) is 0. The molecule has 0 amide bonds. The zero-order chi connectivity index (χ0) is 2.00. The van der Waals surface area contributed by atoms with E-state index < -0.39 is 0 Å². The second-order valence-corrected chi connectivity index (χ2v) is 0. The van der Waals surface area contributed by atoms with Crippen molar-refractivity contribution in [2.75, 3.05) is 0 Å². The van der Waals surface area contributed by atoms with Gasteiger partial charge >= 0.3 is 53.1 Å². The molecule has 0 N–H and O–H groups in total. The second kappa shape index (κ2) is 18.8. The van der Waals surface area contributed by atoms with Crippen molar-refractivity contribution < 1.29 is 48.3 Å². The van der Waals surface area contributed by atoms with Crippen LogP contribution in [0.3, 0.4) is 0 Å². The van der Waals surface area contributed by atoms with Crippen LogP contribution in [0.2, 0.25) is 0 Å². The smallest absolute Gasteiger partial charge is 0 e. The molecule has 0 unspecified atom stereocenters. The van der Waals surface area contributed by atoms with Crippen LogP contribution in [-0.2, 0) is 48.3 Å². The molecule has 0 aliphatic rings. The molecule has 0 aromatic heterocycles. The van der Waals surface area contributed by atoms with Crippen molar-refractivity contribution in [2.24, 2.45) is 0 Å². The number of hydrogen-bond donors (Lipinski definition) is 0. The van der Waals surface area contributed by atoms with Gasteiger partial charge in [-0.1, -0.05) is 0 Å². The molecule has 4 heteroatoms. The SMILES string of the molecule is [InH3].[O]=[Hf].[W]. The van der Waals surface area contributed by atoms with Crippen molar-refractivity contribution in [3.63, 3.8) is 0 Å². The van der Waals surface area contributed by atoms with Crippen LogP contribution >= 0.6 is 0 Å². The van der Waals surface area contributed by atoms with E-state index in [0.717, 1.165) is 0 Å². The quantitative estimate of drug-likeness (QED) is 0.381. The Morgan fingerprint density at radius 1 is 1.25 bits per heavy atom. The van der Waals surface area contributed by atoms with Crippen molar-refractivity contribution >= 4 is 25.8 Å². The monoisotopic (exact) mass is 498 g/mol. The fourth-order valence-corrected chi connectivity index (χ4v) is 0. The first kappa shape index (κ1) is 16.3. The van der Waals surface area contributed by atoms with E-state index in [1.165, 1.54) is 0 Å². The molecule has 0 saturated carbocycles. The predicted molar refractivity (Wildman–Crippen MR) is 10.6 cm³/mol. The minimum absolute atomic E-state index is 0. The Balaban J connectivity index is -0.00000000500. The molecule has 1 nitrogen and oxygen atoms in total. The zero-order valence-corrected chi connectivity index (χ0v) is 7.84. The molecule has 0 aromatic carbocycles. The summed E-state index contributed by atoms with van der Waals surface area (Å²) < 4.78 is 8.39. The van der Waals surface area contributed by atoms with E-state index in [1.807, 2.05) is 0 Å². The molecule has 0 aliphatic carbocycles. The largest absolute Gasteiger partial charge is 0 e. The Morgan fingerprint density at radius 2 is 1.25 bits per heavy atom. The summed E-state index contributed by atoms with van der Waals surface area (Å²) >= 11 is 0.0556. The van der Waals surface area contributed by atoms with E-state index in [0.29, 0.717) is 0 Å². The van der Waals surface area contributed by atoms with Gasteiger partial charge in [0.2, 0.25) is 0 Å². The third-order valence-electron chi connectivity index (χ3n) is 0. The van der Waals surface area contributed by atoms with Crippen LogP contribution in [0.25, 0.3) is 0 Å². The normalized spacial score (nSPS) is 0.750. The average molecular weight is 496 g/mol. The summed E-state index contributed by atoms with van der Waals surface area (Å²) in [4.78, 5) is 0. The Morgan fingerprint density at radius 3 is 1.25 bits per heavy atom. The van der Waals surface area contributed by atoms with Crippen molar-refractivity contribution in [3.05, 3.63) is 0 Å². The molecule has 0 fully saturated rings. The molecule has 0 aliphatic heterocycles. The minimum atomic E-state index is 0. The van der Waals surface area contributed by atoms with E-state index >= 15 is 0 Å². The molecule has 0 saturated heterocycles. The Hall–Kier alpha value is 2.23. The van der Waals surface area contributed by atoms with Crippen LogP contribution in [0.4, 0.5) is 0 Å². The number of hydrogen-bond acceptors (Lipinski definition) is 1. The van der Waals surface area contributed by atoms with Gasteiger partial charge in [0.15, 0.2) is 0 Å². The standard InChI is InChI=1S/Hf.In.O.W.3H. The number of rotatable bonds is 0. The zero-order valence-electron chi connectivity index (χ0n) is 1.32. The van der Waals surface area contributed by atoms with E-state index in [9.17, 15) is 0 Å². The molecule has 0 heterocycles. The molecular weight excluding hydrogens is 493 g/mol. The van der Waals surface area contributed by atoms with Gasteiger partial charge in [-0.3, -0.25) is 0 Å². The minimum Gasteiger partial charge on any atom is 0 e. The van der Waals surface area contributed by atoms with Gasteiger partial charge in [0.25, 0.3) is 0 Å². The van der Waals surface area contributed by atoms with Crippen molar-refractivity contribution in [2.45, 2.75) is 0 Å². The van der Waals surface area contributed by atoms with Crippen LogP contribution in [-0.4, -0.2) is 25.8 Å². The molecule has 0 aromatic rings. The fraction of sp³-hybridized carbons (Fsp3) is 0. The third kappa shape index (κ3) is 8.87. The molecule has 22 valence electrons. The van der Waals surface area contributed by atoms with Crippen molar-refractivity contribution in [3.8, 4) is 0 Å². The molecule has 0 rings (SSSR count). The fourth-order valence-electron chi connectivity index (χ4n) is 0. The first-order valence-corrected chi connectivity index (χ1v) is 1.67. The maximum Gasteiger partial charge on any atom is 0 e. The molecule has 0 spiro atoms. The van der Waals surface area contributed by atoms with Gasteiger partial charge in [0.05, 0.1) is 0 Å². The maximum atomic E-state index is 8.39. The van der Waals surface area contributed by atoms with Crippen LogP contribution in [0, 0.1) is 0 Å². The average Bonchev–Trinajstić information content (AvgIpc) is 1.00. The summed E-state index contributed by atoms with van der Waals surface area (Å²) in [6, 6.07) is 0. The summed E-state index contributed by atoms with van der Waals surface area (Å²) in [5.74, 6) is 0. The van der Waals surface area contributed by atoms with Gasteiger partial charge in [0.1, 0.15) is 0 Å². The van der Waals surface area contributed by atoms with Crippen LogP contribution in [0.1, 0.15) is 0 Å². The molecular formula is H3HfInOW. The predicted octanol–water partition coefficient (Wildman–Crippen LogP) is -1.31. The first-order chi connectivity index (χ1) is 1.00. The second-order valence-electron chi connectivity index (χ2n) is 0. The van der Waals surface area contributed by atoms with Gasteiger partial charge in [0, 0.05) is 21.1 Å². The van der Waals surface area contributed by atoms with Gasteiger partial charge in [-0.05, 0) is 0 Å². The summed E-state index contributed by atoms with van der Waals surface area (Å²) in [7, 11) is 0. The van der Waals surface area contributed by atoms with Crippen molar-refractivity contribution in [1.29, 1.82) is 0 Å². The van der Waals surface area contributed by atoms with Crippen LogP contribution < -0.4 is 0 Å². The van der Waals surface area contributed by atoms with E-state index in [2.05, 4.69) is 0 Å². The maximum absolute atomic E-state index is 8.39. The van der Waals surface area contributed by atoms with E-state index in [-0.39, 0.29) is 71.3 Å². The molecule has 0 atom stereocenters. The van der Waals surface area contributed by atoms with Gasteiger partial charge in [-0.25, -0.2) is 0 Å².